The van der Waals surface area contributed by atoms with Gasteiger partial charge in [0.1, 0.15) is 5.82 Å². The zero-order valence-corrected chi connectivity index (χ0v) is 16.0. The van der Waals surface area contributed by atoms with Gasteiger partial charge in [-0.05, 0) is 32.3 Å². The number of carbonyl (C=O) groups is 1. The fourth-order valence-electron chi connectivity index (χ4n) is 2.98. The molecule has 1 aromatic carbocycles. The second-order valence-corrected chi connectivity index (χ2v) is 7.29. The molecule has 0 spiro atoms. The molecule has 6 heteroatoms. The summed E-state index contributed by atoms with van der Waals surface area (Å²) in [7, 11) is 0. The summed E-state index contributed by atoms with van der Waals surface area (Å²) in [5, 5.41) is 3.21. The monoisotopic (exact) mass is 368 g/mol. The molecule has 0 aliphatic heterocycles. The first-order chi connectivity index (χ1) is 12.6. The van der Waals surface area contributed by atoms with E-state index < -0.39 is 0 Å². The van der Waals surface area contributed by atoms with E-state index in [1.165, 1.54) is 4.88 Å². The third-order valence-electron chi connectivity index (χ3n) is 4.54. The van der Waals surface area contributed by atoms with Crippen molar-refractivity contribution in [1.82, 2.24) is 19.9 Å². The molecule has 2 aromatic heterocycles. The molecule has 136 valence electrons. The first-order valence-electron chi connectivity index (χ1n) is 8.84. The van der Waals surface area contributed by atoms with E-state index in [1.54, 1.807) is 11.3 Å². The molecule has 1 amide bonds. The molecule has 0 aliphatic rings. The molecule has 1 atom stereocenters. The number of thiazole rings is 1. The van der Waals surface area contributed by atoms with Crippen molar-refractivity contribution >= 4 is 17.2 Å². The van der Waals surface area contributed by atoms with E-state index in [0.29, 0.717) is 6.42 Å². The SMILES string of the molecule is Cc1ncsc1CCC(=O)N[C@H](CCn1ccnc1C)c1ccccc1. The van der Waals surface area contributed by atoms with Gasteiger partial charge in [-0.2, -0.15) is 0 Å². The number of aromatic nitrogens is 3. The first-order valence-corrected chi connectivity index (χ1v) is 9.72. The lowest BCUT2D eigenvalue weighted by Crippen LogP contribution is -2.29. The van der Waals surface area contributed by atoms with Gasteiger partial charge >= 0.3 is 0 Å². The van der Waals surface area contributed by atoms with Crippen molar-refractivity contribution in [2.75, 3.05) is 0 Å². The molecule has 0 unspecified atom stereocenters. The second-order valence-electron chi connectivity index (χ2n) is 6.35. The number of rotatable bonds is 8. The average Bonchev–Trinajstić information content (AvgIpc) is 3.25. The van der Waals surface area contributed by atoms with Gasteiger partial charge < -0.3 is 9.88 Å². The minimum absolute atomic E-state index is 0.00643. The molecule has 0 bridgehead atoms. The Morgan fingerprint density at radius 2 is 2.04 bits per heavy atom. The van der Waals surface area contributed by atoms with E-state index >= 15 is 0 Å². The van der Waals surface area contributed by atoms with E-state index in [1.807, 2.05) is 50.0 Å². The highest BCUT2D eigenvalue weighted by Gasteiger charge is 2.15. The summed E-state index contributed by atoms with van der Waals surface area (Å²) in [6.45, 7) is 4.80. The van der Waals surface area contributed by atoms with Crippen molar-refractivity contribution in [2.24, 2.45) is 0 Å². The van der Waals surface area contributed by atoms with Gasteiger partial charge in [0, 0.05) is 30.2 Å². The van der Waals surface area contributed by atoms with Crippen molar-refractivity contribution in [3.05, 3.63) is 70.2 Å². The maximum atomic E-state index is 12.5. The van der Waals surface area contributed by atoms with Crippen LogP contribution in [0.25, 0.3) is 0 Å². The lowest BCUT2D eigenvalue weighted by molar-refractivity contribution is -0.121. The standard InChI is InChI=1S/C20H24N4OS/c1-15-19(26-14-22-15)8-9-20(25)23-18(17-6-4-3-5-7-17)10-12-24-13-11-21-16(24)2/h3-7,11,13-14,18H,8-10,12H2,1-2H3,(H,23,25)/t18-/m1/s1. The van der Waals surface area contributed by atoms with Crippen LogP contribution in [0.3, 0.4) is 0 Å². The molecule has 0 fully saturated rings. The number of carbonyl (C=O) groups excluding carboxylic acids is 1. The maximum Gasteiger partial charge on any atom is 0.220 e. The Morgan fingerprint density at radius 3 is 2.69 bits per heavy atom. The summed E-state index contributed by atoms with van der Waals surface area (Å²) in [5.41, 5.74) is 3.99. The lowest BCUT2D eigenvalue weighted by Gasteiger charge is -2.20. The minimum Gasteiger partial charge on any atom is -0.349 e. The normalized spacial score (nSPS) is 12.1. The van der Waals surface area contributed by atoms with Crippen molar-refractivity contribution in [3.8, 4) is 0 Å². The predicted octanol–water partition coefficient (Wildman–Crippen LogP) is 3.84. The number of nitrogens with one attached hydrogen (secondary N) is 1. The van der Waals surface area contributed by atoms with Crippen LogP contribution >= 0.6 is 11.3 Å². The van der Waals surface area contributed by atoms with E-state index in [0.717, 1.165) is 36.5 Å². The minimum atomic E-state index is -0.00643. The second kappa shape index (κ2) is 8.76. The largest absolute Gasteiger partial charge is 0.349 e. The molecule has 5 nitrogen and oxygen atoms in total. The lowest BCUT2D eigenvalue weighted by atomic mass is 10.0. The fraction of sp³-hybridized carbons (Fsp3) is 0.350. The Hall–Kier alpha value is -2.47. The van der Waals surface area contributed by atoms with Crippen LogP contribution in [-0.2, 0) is 17.8 Å². The number of hydrogen-bond acceptors (Lipinski definition) is 4. The average molecular weight is 369 g/mol. The molecular formula is C20H24N4OS. The quantitative estimate of drug-likeness (QED) is 0.657. The van der Waals surface area contributed by atoms with Crippen molar-refractivity contribution < 1.29 is 4.79 Å². The Balaban J connectivity index is 1.62. The van der Waals surface area contributed by atoms with Crippen LogP contribution in [-0.4, -0.2) is 20.4 Å². The Morgan fingerprint density at radius 1 is 1.23 bits per heavy atom. The number of benzene rings is 1. The maximum absolute atomic E-state index is 12.5. The Bertz CT molecular complexity index is 840. The van der Waals surface area contributed by atoms with Gasteiger partial charge in [-0.1, -0.05) is 30.3 Å². The van der Waals surface area contributed by atoms with E-state index in [2.05, 4.69) is 32.0 Å². The highest BCUT2D eigenvalue weighted by Crippen LogP contribution is 2.19. The summed E-state index contributed by atoms with van der Waals surface area (Å²) in [6, 6.07) is 10.1. The van der Waals surface area contributed by atoms with Gasteiger partial charge in [0.05, 0.1) is 17.2 Å². The molecule has 0 radical (unpaired) electrons. The van der Waals surface area contributed by atoms with Crippen molar-refractivity contribution in [3.63, 3.8) is 0 Å². The summed E-state index contributed by atoms with van der Waals surface area (Å²) in [6.07, 6.45) is 5.84. The number of aryl methyl sites for hydroxylation is 4. The van der Waals surface area contributed by atoms with E-state index in [-0.39, 0.29) is 11.9 Å². The molecule has 26 heavy (non-hydrogen) atoms. The van der Waals surface area contributed by atoms with Crippen molar-refractivity contribution in [2.45, 2.75) is 45.7 Å². The van der Waals surface area contributed by atoms with Crippen LogP contribution in [0.15, 0.2) is 48.2 Å². The summed E-state index contributed by atoms with van der Waals surface area (Å²) in [4.78, 5) is 22.2. The van der Waals surface area contributed by atoms with Gasteiger partial charge in [-0.15, -0.1) is 11.3 Å². The Labute approximate surface area is 158 Å². The highest BCUT2D eigenvalue weighted by molar-refractivity contribution is 7.09. The molecule has 0 saturated heterocycles. The van der Waals surface area contributed by atoms with E-state index in [4.69, 9.17) is 0 Å². The number of imidazole rings is 1. The molecule has 1 N–H and O–H groups in total. The molecule has 3 aromatic rings. The molecule has 0 aliphatic carbocycles. The van der Waals surface area contributed by atoms with Crippen LogP contribution in [0.4, 0.5) is 0 Å². The summed E-state index contributed by atoms with van der Waals surface area (Å²) in [5.74, 6) is 1.07. The zero-order valence-electron chi connectivity index (χ0n) is 15.2. The van der Waals surface area contributed by atoms with Crippen LogP contribution in [0.1, 0.15) is 40.8 Å². The van der Waals surface area contributed by atoms with Crippen LogP contribution in [0, 0.1) is 13.8 Å². The van der Waals surface area contributed by atoms with Crippen LogP contribution < -0.4 is 5.32 Å². The highest BCUT2D eigenvalue weighted by atomic mass is 32.1. The third kappa shape index (κ3) is 4.79. The van der Waals surface area contributed by atoms with Gasteiger partial charge in [0.15, 0.2) is 0 Å². The summed E-state index contributed by atoms with van der Waals surface area (Å²) >= 11 is 1.62. The number of amides is 1. The van der Waals surface area contributed by atoms with Gasteiger partial charge in [0.2, 0.25) is 5.91 Å². The van der Waals surface area contributed by atoms with Crippen LogP contribution in [0.5, 0.6) is 0 Å². The van der Waals surface area contributed by atoms with Crippen molar-refractivity contribution in [1.29, 1.82) is 0 Å². The molecule has 3 rings (SSSR count). The summed E-state index contributed by atoms with van der Waals surface area (Å²) < 4.78 is 2.11. The topological polar surface area (TPSA) is 59.8 Å². The first kappa shape index (κ1) is 18.3. The zero-order chi connectivity index (χ0) is 18.4. The molecule has 2 heterocycles. The Kier molecular flexibility index (Phi) is 6.17. The van der Waals surface area contributed by atoms with Crippen LogP contribution in [0.2, 0.25) is 0 Å². The smallest absolute Gasteiger partial charge is 0.220 e. The fourth-order valence-corrected chi connectivity index (χ4v) is 3.76. The predicted molar refractivity (Wildman–Crippen MR) is 104 cm³/mol. The third-order valence-corrected chi connectivity index (χ3v) is 5.54. The van der Waals surface area contributed by atoms with Gasteiger partial charge in [-0.25, -0.2) is 9.97 Å². The number of hydrogen-bond donors (Lipinski definition) is 1. The van der Waals surface area contributed by atoms with E-state index in [9.17, 15) is 4.79 Å². The molecule has 0 saturated carbocycles. The molecular weight excluding hydrogens is 344 g/mol. The number of nitrogens with zero attached hydrogens (tertiary/aromatic N) is 3. The van der Waals surface area contributed by atoms with Gasteiger partial charge in [-0.3, -0.25) is 4.79 Å². The van der Waals surface area contributed by atoms with Gasteiger partial charge in [0.25, 0.3) is 0 Å².